The lowest BCUT2D eigenvalue weighted by Crippen LogP contribution is -2.47. The predicted molar refractivity (Wildman–Crippen MR) is 109 cm³/mol. The minimum Gasteiger partial charge on any atom is -0.389 e. The summed E-state index contributed by atoms with van der Waals surface area (Å²) in [5.74, 6) is -0.346. The van der Waals surface area contributed by atoms with E-state index in [2.05, 4.69) is 0 Å². The first kappa shape index (κ1) is 20.8. The van der Waals surface area contributed by atoms with Crippen molar-refractivity contribution in [3.05, 3.63) is 59.4 Å². The van der Waals surface area contributed by atoms with Crippen molar-refractivity contribution in [2.75, 3.05) is 32.1 Å². The Morgan fingerprint density at radius 1 is 1.14 bits per heavy atom. The van der Waals surface area contributed by atoms with Gasteiger partial charge in [0.1, 0.15) is 5.82 Å². The SMILES string of the molecule is Cc1ccc(S(=O)(=O)N2CCC(O)(Cc3ccccc3F)CC2)cc1N(C)C. The van der Waals surface area contributed by atoms with Gasteiger partial charge >= 0.3 is 0 Å². The number of hydrogen-bond acceptors (Lipinski definition) is 4. The molecule has 1 saturated heterocycles. The Labute approximate surface area is 166 Å². The number of nitrogens with zero attached hydrogens (tertiary/aromatic N) is 2. The molecule has 0 bridgehead atoms. The molecule has 0 spiro atoms. The first-order valence-corrected chi connectivity index (χ1v) is 10.8. The topological polar surface area (TPSA) is 60.9 Å². The summed E-state index contributed by atoms with van der Waals surface area (Å²) in [6, 6.07) is 11.5. The molecular formula is C21H27FN2O3S. The Morgan fingerprint density at radius 3 is 2.39 bits per heavy atom. The van der Waals surface area contributed by atoms with E-state index in [9.17, 15) is 17.9 Å². The normalized spacial score (nSPS) is 17.5. The Bertz CT molecular complexity index is 952. The molecule has 0 atom stereocenters. The summed E-state index contributed by atoms with van der Waals surface area (Å²) in [5.41, 5.74) is 1.21. The molecule has 3 rings (SSSR count). The van der Waals surface area contributed by atoms with Crippen LogP contribution in [0.1, 0.15) is 24.0 Å². The van der Waals surface area contributed by atoms with Crippen LogP contribution in [-0.2, 0) is 16.4 Å². The summed E-state index contributed by atoms with van der Waals surface area (Å²) in [6.07, 6.45) is 0.725. The van der Waals surface area contributed by atoms with Crippen molar-refractivity contribution in [3.63, 3.8) is 0 Å². The highest BCUT2D eigenvalue weighted by Crippen LogP contribution is 2.31. The molecule has 1 N–H and O–H groups in total. The molecule has 0 radical (unpaired) electrons. The third-order valence-corrected chi connectivity index (χ3v) is 7.33. The van der Waals surface area contributed by atoms with E-state index >= 15 is 0 Å². The number of anilines is 1. The van der Waals surface area contributed by atoms with Gasteiger partial charge < -0.3 is 10.0 Å². The summed E-state index contributed by atoms with van der Waals surface area (Å²) in [5, 5.41) is 10.9. The molecule has 2 aromatic carbocycles. The van der Waals surface area contributed by atoms with Crippen LogP contribution in [0.25, 0.3) is 0 Å². The lowest BCUT2D eigenvalue weighted by atomic mass is 9.86. The van der Waals surface area contributed by atoms with E-state index in [1.54, 1.807) is 36.4 Å². The van der Waals surface area contributed by atoms with Crippen molar-refractivity contribution in [1.82, 2.24) is 4.31 Å². The fourth-order valence-electron chi connectivity index (χ4n) is 3.70. The fourth-order valence-corrected chi connectivity index (χ4v) is 5.16. The summed E-state index contributed by atoms with van der Waals surface area (Å²) < 4.78 is 41.5. The number of hydrogen-bond donors (Lipinski definition) is 1. The number of aliphatic hydroxyl groups is 1. The van der Waals surface area contributed by atoms with Gasteiger partial charge in [-0.05, 0) is 49.1 Å². The Balaban J connectivity index is 1.75. The van der Waals surface area contributed by atoms with Crippen LogP contribution >= 0.6 is 0 Å². The minimum atomic E-state index is -3.64. The number of halogens is 1. The van der Waals surface area contributed by atoms with E-state index in [0.29, 0.717) is 5.56 Å². The monoisotopic (exact) mass is 406 g/mol. The van der Waals surface area contributed by atoms with Crippen LogP contribution in [0.3, 0.4) is 0 Å². The molecule has 1 aliphatic rings. The average molecular weight is 407 g/mol. The zero-order chi connectivity index (χ0) is 20.5. The lowest BCUT2D eigenvalue weighted by Gasteiger charge is -2.37. The van der Waals surface area contributed by atoms with E-state index in [-0.39, 0.29) is 43.1 Å². The lowest BCUT2D eigenvalue weighted by molar-refractivity contribution is -0.00505. The van der Waals surface area contributed by atoms with Crippen molar-refractivity contribution in [2.24, 2.45) is 0 Å². The smallest absolute Gasteiger partial charge is 0.243 e. The third-order valence-electron chi connectivity index (χ3n) is 5.43. The second-order valence-electron chi connectivity index (χ2n) is 7.74. The van der Waals surface area contributed by atoms with E-state index in [1.165, 1.54) is 10.4 Å². The van der Waals surface area contributed by atoms with Gasteiger partial charge in [0.25, 0.3) is 0 Å². The number of aryl methyl sites for hydroxylation is 1. The van der Waals surface area contributed by atoms with Gasteiger partial charge in [-0.3, -0.25) is 0 Å². The third kappa shape index (κ3) is 4.21. The molecule has 28 heavy (non-hydrogen) atoms. The Hall–Kier alpha value is -1.96. The van der Waals surface area contributed by atoms with Gasteiger partial charge in [-0.1, -0.05) is 24.3 Å². The van der Waals surface area contributed by atoms with E-state index < -0.39 is 15.6 Å². The standard InChI is InChI=1S/C21H27FN2O3S/c1-16-8-9-18(14-20(16)23(2)3)28(26,27)24-12-10-21(25,11-13-24)15-17-6-4-5-7-19(17)22/h4-9,14,25H,10-13,15H2,1-3H3. The van der Waals surface area contributed by atoms with Gasteiger partial charge in [0.2, 0.25) is 10.0 Å². The highest BCUT2D eigenvalue weighted by atomic mass is 32.2. The minimum absolute atomic E-state index is 0.183. The van der Waals surface area contributed by atoms with E-state index in [0.717, 1.165) is 11.3 Å². The first-order valence-electron chi connectivity index (χ1n) is 9.36. The molecule has 1 heterocycles. The van der Waals surface area contributed by atoms with E-state index in [1.807, 2.05) is 25.9 Å². The van der Waals surface area contributed by atoms with Crippen molar-refractivity contribution >= 4 is 15.7 Å². The van der Waals surface area contributed by atoms with Gasteiger partial charge in [-0.15, -0.1) is 0 Å². The molecule has 0 saturated carbocycles. The van der Waals surface area contributed by atoms with Gasteiger partial charge in [-0.25, -0.2) is 12.8 Å². The second-order valence-corrected chi connectivity index (χ2v) is 9.68. The molecule has 0 amide bonds. The predicted octanol–water partition coefficient (Wildman–Crippen LogP) is 2.96. The molecule has 2 aromatic rings. The molecular weight excluding hydrogens is 379 g/mol. The number of sulfonamides is 1. The molecule has 0 aromatic heterocycles. The van der Waals surface area contributed by atoms with Gasteiger partial charge in [-0.2, -0.15) is 4.31 Å². The molecule has 7 heteroatoms. The maximum Gasteiger partial charge on any atom is 0.243 e. The Kier molecular flexibility index (Phi) is 5.79. The zero-order valence-electron chi connectivity index (χ0n) is 16.5. The summed E-state index contributed by atoms with van der Waals surface area (Å²) >= 11 is 0. The largest absolute Gasteiger partial charge is 0.389 e. The van der Waals surface area contributed by atoms with Crippen molar-refractivity contribution < 1.29 is 17.9 Å². The second kappa shape index (κ2) is 7.81. The summed E-state index contributed by atoms with van der Waals surface area (Å²) in [4.78, 5) is 2.14. The van der Waals surface area contributed by atoms with Crippen molar-refractivity contribution in [3.8, 4) is 0 Å². The van der Waals surface area contributed by atoms with Crippen LogP contribution in [0.2, 0.25) is 0 Å². The summed E-state index contributed by atoms with van der Waals surface area (Å²) in [6.45, 7) is 2.35. The molecule has 1 fully saturated rings. The molecule has 5 nitrogen and oxygen atoms in total. The van der Waals surface area contributed by atoms with E-state index in [4.69, 9.17) is 0 Å². The number of benzene rings is 2. The molecule has 1 aliphatic heterocycles. The first-order chi connectivity index (χ1) is 13.1. The van der Waals surface area contributed by atoms with Crippen LogP contribution in [0.4, 0.5) is 10.1 Å². The van der Waals surface area contributed by atoms with Crippen LogP contribution in [0, 0.1) is 12.7 Å². The number of rotatable bonds is 5. The average Bonchev–Trinajstić information content (AvgIpc) is 2.64. The molecule has 0 unspecified atom stereocenters. The van der Waals surface area contributed by atoms with Crippen LogP contribution in [0.5, 0.6) is 0 Å². The zero-order valence-corrected chi connectivity index (χ0v) is 17.3. The van der Waals surface area contributed by atoms with Crippen molar-refractivity contribution in [2.45, 2.75) is 36.7 Å². The molecule has 152 valence electrons. The van der Waals surface area contributed by atoms with Gasteiger partial charge in [0.15, 0.2) is 0 Å². The maximum atomic E-state index is 13.9. The van der Waals surface area contributed by atoms with Gasteiger partial charge in [0, 0.05) is 39.3 Å². The van der Waals surface area contributed by atoms with Crippen molar-refractivity contribution in [1.29, 1.82) is 0 Å². The maximum absolute atomic E-state index is 13.9. The highest BCUT2D eigenvalue weighted by molar-refractivity contribution is 7.89. The molecule has 0 aliphatic carbocycles. The van der Waals surface area contributed by atoms with Crippen LogP contribution in [-0.4, -0.2) is 50.6 Å². The number of piperidine rings is 1. The van der Waals surface area contributed by atoms with Gasteiger partial charge in [0.05, 0.1) is 10.5 Å². The highest BCUT2D eigenvalue weighted by Gasteiger charge is 2.37. The quantitative estimate of drug-likeness (QED) is 0.829. The summed E-state index contributed by atoms with van der Waals surface area (Å²) in [7, 11) is 0.110. The fraction of sp³-hybridized carbons (Fsp3) is 0.429. The van der Waals surface area contributed by atoms with Crippen LogP contribution in [0.15, 0.2) is 47.4 Å². The van der Waals surface area contributed by atoms with Crippen LogP contribution < -0.4 is 4.90 Å². The Morgan fingerprint density at radius 2 is 1.79 bits per heavy atom.